The molecule has 0 bridgehead atoms. The van der Waals surface area contributed by atoms with E-state index in [4.69, 9.17) is 5.14 Å². The van der Waals surface area contributed by atoms with Crippen molar-refractivity contribution in [2.75, 3.05) is 0 Å². The molecule has 1 heterocycles. The zero-order chi connectivity index (χ0) is 15.0. The van der Waals surface area contributed by atoms with Gasteiger partial charge < -0.3 is 4.98 Å². The van der Waals surface area contributed by atoms with E-state index in [1.807, 2.05) is 0 Å². The van der Waals surface area contributed by atoms with Crippen molar-refractivity contribution in [3.05, 3.63) is 58.9 Å². The van der Waals surface area contributed by atoms with Gasteiger partial charge in [-0.05, 0) is 24.3 Å². The zero-order valence-electron chi connectivity index (χ0n) is 10.8. The fraction of sp³-hybridized carbons (Fsp3) is 0. The first kappa shape index (κ1) is 13.5. The summed E-state index contributed by atoms with van der Waals surface area (Å²) < 4.78 is 23.3. The lowest BCUT2D eigenvalue weighted by molar-refractivity contribution is 0.598. The second-order valence-electron chi connectivity index (χ2n) is 4.47. The third-order valence-corrected chi connectivity index (χ3v) is 4.03. The summed E-state index contributed by atoms with van der Waals surface area (Å²) in [4.78, 5) is 18.9. The predicted octanol–water partition coefficient (Wildman–Crippen LogP) is 1.24. The van der Waals surface area contributed by atoms with Crippen LogP contribution in [0.2, 0.25) is 0 Å². The van der Waals surface area contributed by atoms with E-state index in [1.165, 1.54) is 6.07 Å². The molecule has 0 atom stereocenters. The maximum atomic E-state index is 12.1. The van der Waals surface area contributed by atoms with Gasteiger partial charge in [-0.3, -0.25) is 4.79 Å². The number of nitrogens with two attached hydrogens (primary N) is 1. The fourth-order valence-corrected chi connectivity index (χ4v) is 2.86. The minimum atomic E-state index is -3.91. The van der Waals surface area contributed by atoms with Crippen LogP contribution in [0.3, 0.4) is 0 Å². The monoisotopic (exact) mass is 301 g/mol. The SMILES string of the molecule is NS(=O)(=O)c1ccccc1-c1nc2ccccc2c(=O)[nH]1. The first-order valence-electron chi connectivity index (χ1n) is 6.08. The Morgan fingerprint density at radius 2 is 1.67 bits per heavy atom. The molecule has 106 valence electrons. The molecule has 3 rings (SSSR count). The van der Waals surface area contributed by atoms with Gasteiger partial charge in [0.05, 0.1) is 15.8 Å². The molecule has 6 nitrogen and oxygen atoms in total. The number of hydrogen-bond acceptors (Lipinski definition) is 4. The quantitative estimate of drug-likeness (QED) is 0.742. The van der Waals surface area contributed by atoms with Gasteiger partial charge in [0, 0.05) is 5.56 Å². The van der Waals surface area contributed by atoms with Gasteiger partial charge in [-0.2, -0.15) is 0 Å². The Morgan fingerprint density at radius 1 is 1.00 bits per heavy atom. The van der Waals surface area contributed by atoms with Gasteiger partial charge in [0.1, 0.15) is 5.82 Å². The van der Waals surface area contributed by atoms with E-state index in [-0.39, 0.29) is 21.8 Å². The lowest BCUT2D eigenvalue weighted by atomic mass is 10.2. The molecule has 0 aliphatic rings. The summed E-state index contributed by atoms with van der Waals surface area (Å²) in [6.07, 6.45) is 0. The van der Waals surface area contributed by atoms with Crippen LogP contribution in [0.1, 0.15) is 0 Å². The standard InChI is InChI=1S/C14H11N3O3S/c15-21(19,20)12-8-4-2-6-10(12)13-16-11-7-3-1-5-9(11)14(18)17-13/h1-8H,(H2,15,19,20)(H,16,17,18). The van der Waals surface area contributed by atoms with Crippen molar-refractivity contribution in [1.29, 1.82) is 0 Å². The molecule has 0 unspecified atom stereocenters. The number of rotatable bonds is 2. The summed E-state index contributed by atoms with van der Waals surface area (Å²) in [6, 6.07) is 13.0. The molecule has 0 aliphatic carbocycles. The molecule has 0 aliphatic heterocycles. The van der Waals surface area contributed by atoms with Crippen LogP contribution in [-0.4, -0.2) is 18.4 Å². The highest BCUT2D eigenvalue weighted by molar-refractivity contribution is 7.89. The number of primary sulfonamides is 1. The molecule has 0 radical (unpaired) electrons. The van der Waals surface area contributed by atoms with Gasteiger partial charge >= 0.3 is 0 Å². The number of aromatic amines is 1. The molecule has 0 fully saturated rings. The number of para-hydroxylation sites is 1. The molecule has 0 saturated heterocycles. The molecular formula is C14H11N3O3S. The Kier molecular flexibility index (Phi) is 3.08. The van der Waals surface area contributed by atoms with Crippen LogP contribution in [-0.2, 0) is 10.0 Å². The Bertz CT molecular complexity index is 994. The molecule has 2 aromatic carbocycles. The molecule has 1 aromatic heterocycles. The van der Waals surface area contributed by atoms with Crippen molar-refractivity contribution < 1.29 is 8.42 Å². The van der Waals surface area contributed by atoms with Crippen LogP contribution >= 0.6 is 0 Å². The van der Waals surface area contributed by atoms with E-state index < -0.39 is 10.0 Å². The zero-order valence-corrected chi connectivity index (χ0v) is 11.6. The lowest BCUT2D eigenvalue weighted by Crippen LogP contribution is -2.15. The van der Waals surface area contributed by atoms with Crippen molar-refractivity contribution in [1.82, 2.24) is 9.97 Å². The van der Waals surface area contributed by atoms with Crippen molar-refractivity contribution in [3.8, 4) is 11.4 Å². The van der Waals surface area contributed by atoms with E-state index in [2.05, 4.69) is 9.97 Å². The molecule has 0 spiro atoms. The number of hydrogen-bond donors (Lipinski definition) is 2. The summed E-state index contributed by atoms with van der Waals surface area (Å²) in [5.41, 5.74) is 0.420. The number of aromatic nitrogens is 2. The van der Waals surface area contributed by atoms with Gasteiger partial charge in [-0.25, -0.2) is 18.5 Å². The molecule has 7 heteroatoms. The number of fused-ring (bicyclic) bond motifs is 1. The minimum Gasteiger partial charge on any atom is -0.306 e. The summed E-state index contributed by atoms with van der Waals surface area (Å²) in [6.45, 7) is 0. The fourth-order valence-electron chi connectivity index (χ4n) is 2.12. The summed E-state index contributed by atoms with van der Waals surface area (Å²) >= 11 is 0. The lowest BCUT2D eigenvalue weighted by Gasteiger charge is -2.07. The van der Waals surface area contributed by atoms with E-state index in [0.717, 1.165) is 0 Å². The number of H-pyrrole nitrogens is 1. The highest BCUT2D eigenvalue weighted by Gasteiger charge is 2.16. The molecular weight excluding hydrogens is 290 g/mol. The third-order valence-electron chi connectivity index (χ3n) is 3.06. The Hall–Kier alpha value is -2.51. The van der Waals surface area contributed by atoms with Crippen LogP contribution in [0.15, 0.2) is 58.2 Å². The average molecular weight is 301 g/mol. The van der Waals surface area contributed by atoms with Crippen LogP contribution in [0.5, 0.6) is 0 Å². The third kappa shape index (κ3) is 2.44. The molecule has 3 aromatic rings. The Morgan fingerprint density at radius 3 is 2.43 bits per heavy atom. The smallest absolute Gasteiger partial charge is 0.259 e. The first-order valence-corrected chi connectivity index (χ1v) is 7.63. The minimum absolute atomic E-state index is 0.0802. The van der Waals surface area contributed by atoms with Crippen LogP contribution in [0.4, 0.5) is 0 Å². The van der Waals surface area contributed by atoms with Gasteiger partial charge in [0.15, 0.2) is 0 Å². The average Bonchev–Trinajstić information content (AvgIpc) is 2.46. The normalized spacial score (nSPS) is 11.7. The van der Waals surface area contributed by atoms with E-state index >= 15 is 0 Å². The van der Waals surface area contributed by atoms with E-state index in [9.17, 15) is 13.2 Å². The maximum absolute atomic E-state index is 12.1. The second-order valence-corrected chi connectivity index (χ2v) is 6.00. The highest BCUT2D eigenvalue weighted by atomic mass is 32.2. The summed E-state index contributed by atoms with van der Waals surface area (Å²) in [5.74, 6) is 0.170. The van der Waals surface area contributed by atoms with E-state index in [0.29, 0.717) is 10.9 Å². The van der Waals surface area contributed by atoms with Crippen molar-refractivity contribution >= 4 is 20.9 Å². The number of nitrogens with one attached hydrogen (secondary N) is 1. The van der Waals surface area contributed by atoms with Crippen LogP contribution in [0.25, 0.3) is 22.3 Å². The van der Waals surface area contributed by atoms with Gasteiger partial charge in [0.25, 0.3) is 5.56 Å². The largest absolute Gasteiger partial charge is 0.306 e. The highest BCUT2D eigenvalue weighted by Crippen LogP contribution is 2.23. The molecule has 21 heavy (non-hydrogen) atoms. The second kappa shape index (κ2) is 4.80. The summed E-state index contributed by atoms with van der Waals surface area (Å²) in [5, 5.41) is 5.64. The van der Waals surface area contributed by atoms with Gasteiger partial charge in [-0.15, -0.1) is 0 Å². The molecule has 3 N–H and O–H groups in total. The molecule has 0 amide bonds. The number of benzene rings is 2. The maximum Gasteiger partial charge on any atom is 0.259 e. The molecule has 0 saturated carbocycles. The predicted molar refractivity (Wildman–Crippen MR) is 79.2 cm³/mol. The van der Waals surface area contributed by atoms with Crippen molar-refractivity contribution in [3.63, 3.8) is 0 Å². The van der Waals surface area contributed by atoms with Gasteiger partial charge in [-0.1, -0.05) is 24.3 Å². The van der Waals surface area contributed by atoms with Crippen molar-refractivity contribution in [2.45, 2.75) is 4.90 Å². The van der Waals surface area contributed by atoms with Crippen molar-refractivity contribution in [2.24, 2.45) is 5.14 Å². The number of sulfonamides is 1. The Balaban J connectivity index is 2.35. The van der Waals surface area contributed by atoms with E-state index in [1.54, 1.807) is 42.5 Å². The van der Waals surface area contributed by atoms with Gasteiger partial charge in [0.2, 0.25) is 10.0 Å². The Labute approximate surface area is 120 Å². The van der Waals surface area contributed by atoms with Crippen LogP contribution < -0.4 is 10.7 Å². The van der Waals surface area contributed by atoms with Crippen LogP contribution in [0, 0.1) is 0 Å². The summed E-state index contributed by atoms with van der Waals surface area (Å²) in [7, 11) is -3.91. The number of nitrogens with zero attached hydrogens (tertiary/aromatic N) is 1. The topological polar surface area (TPSA) is 106 Å². The first-order chi connectivity index (χ1) is 9.97.